The summed E-state index contributed by atoms with van der Waals surface area (Å²) in [5, 5.41) is 5.62. The minimum atomic E-state index is -0.400. The molecule has 146 valence electrons. The van der Waals surface area contributed by atoms with Crippen molar-refractivity contribution in [3.63, 3.8) is 0 Å². The number of hydrogen-bond acceptors (Lipinski definition) is 4. The summed E-state index contributed by atoms with van der Waals surface area (Å²) in [6, 6.07) is 13.1. The second-order valence-electron chi connectivity index (χ2n) is 6.80. The van der Waals surface area contributed by atoms with Crippen molar-refractivity contribution >= 4 is 46.5 Å². The van der Waals surface area contributed by atoms with Gasteiger partial charge in [-0.25, -0.2) is 0 Å². The Labute approximate surface area is 168 Å². The maximum Gasteiger partial charge on any atom is 0.229 e. The molecule has 0 bridgehead atoms. The van der Waals surface area contributed by atoms with E-state index >= 15 is 0 Å². The van der Waals surface area contributed by atoms with Crippen molar-refractivity contribution in [1.82, 2.24) is 0 Å². The van der Waals surface area contributed by atoms with E-state index < -0.39 is 5.92 Å². The largest absolute Gasteiger partial charge is 0.326 e. The van der Waals surface area contributed by atoms with E-state index in [4.69, 9.17) is 0 Å². The van der Waals surface area contributed by atoms with Gasteiger partial charge in [0.15, 0.2) is 0 Å². The lowest BCUT2D eigenvalue weighted by Crippen LogP contribution is -2.28. The number of benzene rings is 2. The molecule has 0 spiro atoms. The van der Waals surface area contributed by atoms with Crippen LogP contribution in [0, 0.1) is 12.8 Å². The minimum absolute atomic E-state index is 0.0470. The topological polar surface area (TPSA) is 78.5 Å². The Morgan fingerprint density at radius 2 is 1.82 bits per heavy atom. The summed E-state index contributed by atoms with van der Waals surface area (Å²) in [6.45, 7) is 3.68. The van der Waals surface area contributed by atoms with Crippen LogP contribution in [0.15, 0.2) is 47.4 Å². The molecule has 0 saturated carbocycles. The number of carbonyl (C=O) groups excluding carboxylic acids is 3. The van der Waals surface area contributed by atoms with E-state index in [2.05, 4.69) is 10.6 Å². The molecule has 3 amide bonds. The highest BCUT2D eigenvalue weighted by molar-refractivity contribution is 7.98. The normalized spacial score (nSPS) is 16.2. The molecule has 1 fully saturated rings. The van der Waals surface area contributed by atoms with Gasteiger partial charge in [0.1, 0.15) is 0 Å². The second-order valence-corrected chi connectivity index (χ2v) is 7.68. The first-order valence-electron chi connectivity index (χ1n) is 9.01. The highest BCUT2D eigenvalue weighted by atomic mass is 32.2. The van der Waals surface area contributed by atoms with Crippen LogP contribution in [0.25, 0.3) is 0 Å². The van der Waals surface area contributed by atoms with Crippen molar-refractivity contribution in [3.8, 4) is 0 Å². The molecule has 2 N–H and O–H groups in total. The zero-order valence-electron chi connectivity index (χ0n) is 16.1. The van der Waals surface area contributed by atoms with Gasteiger partial charge in [0, 0.05) is 41.8 Å². The van der Waals surface area contributed by atoms with Crippen LogP contribution in [0.3, 0.4) is 0 Å². The average Bonchev–Trinajstić information content (AvgIpc) is 3.05. The van der Waals surface area contributed by atoms with Crippen LogP contribution < -0.4 is 15.5 Å². The molecule has 1 aliphatic rings. The summed E-state index contributed by atoms with van der Waals surface area (Å²) in [5.41, 5.74) is 3.02. The number of nitrogens with one attached hydrogen (secondary N) is 2. The SMILES string of the molecule is CSc1ccc(N2C[C@@H](C(=O)Nc3ccc(NC(C)=O)c(C)c3)CC2=O)cc1. The average molecular weight is 398 g/mol. The summed E-state index contributed by atoms with van der Waals surface area (Å²) in [6.07, 6.45) is 2.19. The van der Waals surface area contributed by atoms with Crippen molar-refractivity contribution in [1.29, 1.82) is 0 Å². The highest BCUT2D eigenvalue weighted by Crippen LogP contribution is 2.28. The summed E-state index contributed by atoms with van der Waals surface area (Å²) in [4.78, 5) is 39.0. The van der Waals surface area contributed by atoms with Gasteiger partial charge in [-0.2, -0.15) is 0 Å². The van der Waals surface area contributed by atoms with Crippen LogP contribution in [0.2, 0.25) is 0 Å². The first kappa shape index (κ1) is 19.9. The maximum atomic E-state index is 12.6. The number of nitrogens with zero attached hydrogens (tertiary/aromatic N) is 1. The fraction of sp³-hybridized carbons (Fsp3) is 0.286. The van der Waals surface area contributed by atoms with Gasteiger partial charge in [-0.05, 0) is 61.2 Å². The fourth-order valence-electron chi connectivity index (χ4n) is 3.21. The standard InChI is InChI=1S/C21H23N3O3S/c1-13-10-16(4-9-19(13)22-14(2)25)23-21(27)15-11-20(26)24(12-15)17-5-7-18(28-3)8-6-17/h4-10,15H,11-12H2,1-3H3,(H,22,25)(H,23,27)/t15-/m0/s1. The summed E-state index contributed by atoms with van der Waals surface area (Å²) in [5.74, 6) is -0.768. The summed E-state index contributed by atoms with van der Waals surface area (Å²) < 4.78 is 0. The molecule has 6 nitrogen and oxygen atoms in total. The predicted octanol–water partition coefficient (Wildman–Crippen LogP) is 3.67. The molecule has 2 aromatic carbocycles. The summed E-state index contributed by atoms with van der Waals surface area (Å²) >= 11 is 1.64. The van der Waals surface area contributed by atoms with Crippen LogP contribution in [-0.2, 0) is 14.4 Å². The van der Waals surface area contributed by atoms with Crippen LogP contribution in [0.1, 0.15) is 18.9 Å². The third-order valence-electron chi connectivity index (χ3n) is 4.68. The van der Waals surface area contributed by atoms with E-state index in [9.17, 15) is 14.4 Å². The van der Waals surface area contributed by atoms with Crippen molar-refractivity contribution in [2.45, 2.75) is 25.2 Å². The van der Waals surface area contributed by atoms with E-state index in [1.807, 2.05) is 37.4 Å². The Morgan fingerprint density at radius 1 is 1.11 bits per heavy atom. The molecule has 1 aliphatic heterocycles. The molecule has 0 aromatic heterocycles. The van der Waals surface area contributed by atoms with Gasteiger partial charge in [-0.3, -0.25) is 14.4 Å². The van der Waals surface area contributed by atoms with E-state index in [1.54, 1.807) is 34.9 Å². The lowest BCUT2D eigenvalue weighted by atomic mass is 10.1. The van der Waals surface area contributed by atoms with E-state index in [-0.39, 0.29) is 24.1 Å². The molecule has 1 atom stereocenters. The van der Waals surface area contributed by atoms with Gasteiger partial charge in [-0.1, -0.05) is 0 Å². The van der Waals surface area contributed by atoms with Crippen LogP contribution in [0.4, 0.5) is 17.1 Å². The van der Waals surface area contributed by atoms with Crippen LogP contribution >= 0.6 is 11.8 Å². The molecular weight excluding hydrogens is 374 g/mol. The van der Waals surface area contributed by atoms with Gasteiger partial charge >= 0.3 is 0 Å². The molecule has 0 unspecified atom stereocenters. The van der Waals surface area contributed by atoms with E-state index in [0.717, 1.165) is 16.1 Å². The van der Waals surface area contributed by atoms with E-state index in [1.165, 1.54) is 6.92 Å². The first-order chi connectivity index (χ1) is 13.4. The molecule has 2 aromatic rings. The van der Waals surface area contributed by atoms with E-state index in [0.29, 0.717) is 17.9 Å². The molecule has 1 saturated heterocycles. The van der Waals surface area contributed by atoms with Crippen LogP contribution in [-0.4, -0.2) is 30.5 Å². The Hall–Kier alpha value is -2.80. The maximum absolute atomic E-state index is 12.6. The van der Waals surface area contributed by atoms with Crippen LogP contribution in [0.5, 0.6) is 0 Å². The Bertz CT molecular complexity index is 912. The quantitative estimate of drug-likeness (QED) is 0.755. The third-order valence-corrected chi connectivity index (χ3v) is 5.43. The Kier molecular flexibility index (Phi) is 6.04. The Balaban J connectivity index is 1.66. The van der Waals surface area contributed by atoms with Crippen molar-refractivity contribution in [2.24, 2.45) is 5.92 Å². The summed E-state index contributed by atoms with van der Waals surface area (Å²) in [7, 11) is 0. The van der Waals surface area contributed by atoms with Gasteiger partial charge in [-0.15, -0.1) is 11.8 Å². The van der Waals surface area contributed by atoms with Gasteiger partial charge in [0.2, 0.25) is 17.7 Å². The zero-order chi connectivity index (χ0) is 20.3. The monoisotopic (exact) mass is 397 g/mol. The number of thioether (sulfide) groups is 1. The lowest BCUT2D eigenvalue weighted by molar-refractivity contribution is -0.122. The number of aryl methyl sites for hydroxylation is 1. The van der Waals surface area contributed by atoms with Crippen molar-refractivity contribution in [2.75, 3.05) is 28.3 Å². The highest BCUT2D eigenvalue weighted by Gasteiger charge is 2.35. The molecule has 7 heteroatoms. The number of amides is 3. The lowest BCUT2D eigenvalue weighted by Gasteiger charge is -2.17. The van der Waals surface area contributed by atoms with Crippen molar-refractivity contribution in [3.05, 3.63) is 48.0 Å². The molecule has 3 rings (SSSR count). The zero-order valence-corrected chi connectivity index (χ0v) is 16.9. The predicted molar refractivity (Wildman–Crippen MR) is 113 cm³/mol. The fourth-order valence-corrected chi connectivity index (χ4v) is 3.62. The minimum Gasteiger partial charge on any atom is -0.326 e. The molecule has 28 heavy (non-hydrogen) atoms. The number of carbonyl (C=O) groups is 3. The van der Waals surface area contributed by atoms with Crippen molar-refractivity contribution < 1.29 is 14.4 Å². The van der Waals surface area contributed by atoms with Gasteiger partial charge < -0.3 is 15.5 Å². The molecule has 1 heterocycles. The van der Waals surface area contributed by atoms with Gasteiger partial charge in [0.25, 0.3) is 0 Å². The number of hydrogen-bond donors (Lipinski definition) is 2. The molecule has 0 aliphatic carbocycles. The smallest absolute Gasteiger partial charge is 0.229 e. The molecule has 0 radical (unpaired) electrons. The first-order valence-corrected chi connectivity index (χ1v) is 10.2. The second kappa shape index (κ2) is 8.48. The number of anilines is 3. The molecular formula is C21H23N3O3S. The Morgan fingerprint density at radius 3 is 2.43 bits per heavy atom. The third kappa shape index (κ3) is 4.54. The number of rotatable bonds is 5. The van der Waals surface area contributed by atoms with Gasteiger partial charge in [0.05, 0.1) is 5.92 Å².